The normalized spacial score (nSPS) is 28.8. The number of rotatable bonds is 5. The fourth-order valence-corrected chi connectivity index (χ4v) is 4.17. The third kappa shape index (κ3) is 2.62. The van der Waals surface area contributed by atoms with Crippen molar-refractivity contribution in [1.82, 2.24) is 10.3 Å². The SMILES string of the molecule is CNCc1cnccc1N(C)CC1CC2CCC1C2. The van der Waals surface area contributed by atoms with Gasteiger partial charge in [0, 0.05) is 43.8 Å². The van der Waals surface area contributed by atoms with E-state index in [0.29, 0.717) is 0 Å². The maximum absolute atomic E-state index is 4.25. The summed E-state index contributed by atoms with van der Waals surface area (Å²) in [5.41, 5.74) is 2.64. The summed E-state index contributed by atoms with van der Waals surface area (Å²) in [4.78, 5) is 6.69. The molecule has 1 N–H and O–H groups in total. The van der Waals surface area contributed by atoms with Crippen molar-refractivity contribution in [3.8, 4) is 0 Å². The summed E-state index contributed by atoms with van der Waals surface area (Å²) >= 11 is 0. The van der Waals surface area contributed by atoms with Gasteiger partial charge in [-0.3, -0.25) is 4.98 Å². The van der Waals surface area contributed by atoms with Crippen LogP contribution in [-0.2, 0) is 6.54 Å². The first-order valence-corrected chi connectivity index (χ1v) is 7.56. The van der Waals surface area contributed by atoms with Crippen LogP contribution in [0.1, 0.15) is 31.2 Å². The second kappa shape index (κ2) is 5.49. The van der Waals surface area contributed by atoms with Gasteiger partial charge >= 0.3 is 0 Å². The summed E-state index contributed by atoms with van der Waals surface area (Å²) < 4.78 is 0. The molecular formula is C16H25N3. The largest absolute Gasteiger partial charge is 0.374 e. The van der Waals surface area contributed by atoms with Crippen LogP contribution in [0.25, 0.3) is 0 Å². The van der Waals surface area contributed by atoms with Crippen molar-refractivity contribution in [2.75, 3.05) is 25.5 Å². The molecule has 104 valence electrons. The molecule has 3 nitrogen and oxygen atoms in total. The zero-order chi connectivity index (χ0) is 13.2. The Kier molecular flexibility index (Phi) is 3.74. The Balaban J connectivity index is 1.68. The van der Waals surface area contributed by atoms with Crippen molar-refractivity contribution < 1.29 is 0 Å². The quantitative estimate of drug-likeness (QED) is 0.881. The highest BCUT2D eigenvalue weighted by atomic mass is 15.1. The molecular weight excluding hydrogens is 234 g/mol. The zero-order valence-electron chi connectivity index (χ0n) is 12.1. The molecule has 0 radical (unpaired) electrons. The Morgan fingerprint density at radius 2 is 2.26 bits per heavy atom. The highest BCUT2D eigenvalue weighted by Crippen LogP contribution is 2.48. The van der Waals surface area contributed by atoms with Crippen molar-refractivity contribution in [3.05, 3.63) is 24.0 Å². The molecule has 3 unspecified atom stereocenters. The average molecular weight is 259 g/mol. The minimum Gasteiger partial charge on any atom is -0.374 e. The number of aromatic nitrogens is 1. The summed E-state index contributed by atoms with van der Waals surface area (Å²) in [7, 11) is 4.23. The Labute approximate surface area is 116 Å². The van der Waals surface area contributed by atoms with Crippen LogP contribution in [0.4, 0.5) is 5.69 Å². The molecule has 2 bridgehead atoms. The molecule has 3 atom stereocenters. The first kappa shape index (κ1) is 12.9. The maximum atomic E-state index is 4.25. The van der Waals surface area contributed by atoms with E-state index in [1.165, 1.54) is 43.5 Å². The van der Waals surface area contributed by atoms with Crippen molar-refractivity contribution in [3.63, 3.8) is 0 Å². The van der Waals surface area contributed by atoms with Crippen LogP contribution in [-0.4, -0.2) is 25.6 Å². The van der Waals surface area contributed by atoms with E-state index in [1.807, 2.05) is 19.4 Å². The summed E-state index contributed by atoms with van der Waals surface area (Å²) in [6.45, 7) is 2.10. The van der Waals surface area contributed by atoms with Gasteiger partial charge in [0.05, 0.1) is 0 Å². The summed E-state index contributed by atoms with van der Waals surface area (Å²) in [5, 5.41) is 3.23. The van der Waals surface area contributed by atoms with Gasteiger partial charge < -0.3 is 10.2 Å². The Morgan fingerprint density at radius 1 is 1.37 bits per heavy atom. The Morgan fingerprint density at radius 3 is 2.95 bits per heavy atom. The first-order valence-electron chi connectivity index (χ1n) is 7.56. The van der Waals surface area contributed by atoms with Crippen molar-refractivity contribution >= 4 is 5.69 Å². The predicted molar refractivity (Wildman–Crippen MR) is 79.2 cm³/mol. The lowest BCUT2D eigenvalue weighted by Crippen LogP contribution is -2.29. The second-order valence-corrected chi connectivity index (χ2v) is 6.35. The number of nitrogens with zero attached hydrogens (tertiary/aromatic N) is 2. The van der Waals surface area contributed by atoms with Crippen LogP contribution in [0.2, 0.25) is 0 Å². The molecule has 19 heavy (non-hydrogen) atoms. The van der Waals surface area contributed by atoms with E-state index in [-0.39, 0.29) is 0 Å². The Hall–Kier alpha value is -1.09. The van der Waals surface area contributed by atoms with Crippen molar-refractivity contribution in [2.45, 2.75) is 32.2 Å². The van der Waals surface area contributed by atoms with E-state index in [4.69, 9.17) is 0 Å². The van der Waals surface area contributed by atoms with Gasteiger partial charge in [-0.05, 0) is 50.1 Å². The number of fused-ring (bicyclic) bond motifs is 2. The van der Waals surface area contributed by atoms with Gasteiger partial charge in [0.15, 0.2) is 0 Å². The molecule has 3 rings (SSSR count). The molecule has 1 heterocycles. The van der Waals surface area contributed by atoms with Gasteiger partial charge in [0.1, 0.15) is 0 Å². The molecule has 0 spiro atoms. The van der Waals surface area contributed by atoms with E-state index >= 15 is 0 Å². The van der Waals surface area contributed by atoms with Gasteiger partial charge in [0.25, 0.3) is 0 Å². The minimum atomic E-state index is 0.893. The van der Waals surface area contributed by atoms with Crippen molar-refractivity contribution in [2.24, 2.45) is 17.8 Å². The fraction of sp³-hybridized carbons (Fsp3) is 0.688. The molecule has 1 aromatic rings. The molecule has 2 saturated carbocycles. The second-order valence-electron chi connectivity index (χ2n) is 6.35. The van der Waals surface area contributed by atoms with E-state index in [9.17, 15) is 0 Å². The van der Waals surface area contributed by atoms with Gasteiger partial charge in [-0.15, -0.1) is 0 Å². The van der Waals surface area contributed by atoms with Crippen LogP contribution in [0.3, 0.4) is 0 Å². The van der Waals surface area contributed by atoms with Crippen molar-refractivity contribution in [1.29, 1.82) is 0 Å². The van der Waals surface area contributed by atoms with Crippen LogP contribution in [0, 0.1) is 17.8 Å². The topological polar surface area (TPSA) is 28.2 Å². The number of nitrogens with one attached hydrogen (secondary N) is 1. The number of anilines is 1. The minimum absolute atomic E-state index is 0.893. The highest BCUT2D eigenvalue weighted by Gasteiger charge is 2.39. The summed E-state index contributed by atoms with van der Waals surface area (Å²) in [6.07, 6.45) is 9.82. The molecule has 2 aliphatic carbocycles. The van der Waals surface area contributed by atoms with Crippen LogP contribution < -0.4 is 10.2 Å². The van der Waals surface area contributed by atoms with Crippen LogP contribution in [0.15, 0.2) is 18.5 Å². The molecule has 0 aromatic carbocycles. The van der Waals surface area contributed by atoms with E-state index < -0.39 is 0 Å². The predicted octanol–water partition coefficient (Wildman–Crippen LogP) is 2.67. The zero-order valence-corrected chi connectivity index (χ0v) is 12.1. The lowest BCUT2D eigenvalue weighted by molar-refractivity contribution is 0.337. The van der Waals surface area contributed by atoms with Crippen LogP contribution >= 0.6 is 0 Å². The van der Waals surface area contributed by atoms with Gasteiger partial charge in [-0.1, -0.05) is 6.42 Å². The Bertz CT molecular complexity index is 432. The van der Waals surface area contributed by atoms with E-state index in [0.717, 1.165) is 24.3 Å². The molecule has 0 amide bonds. The summed E-state index contributed by atoms with van der Waals surface area (Å²) in [5.74, 6) is 2.96. The van der Waals surface area contributed by atoms with Gasteiger partial charge in [-0.2, -0.15) is 0 Å². The lowest BCUT2D eigenvalue weighted by Gasteiger charge is -2.29. The summed E-state index contributed by atoms with van der Waals surface area (Å²) in [6, 6.07) is 2.15. The fourth-order valence-electron chi connectivity index (χ4n) is 4.17. The molecule has 2 fully saturated rings. The van der Waals surface area contributed by atoms with Crippen LogP contribution in [0.5, 0.6) is 0 Å². The highest BCUT2D eigenvalue weighted by molar-refractivity contribution is 5.51. The third-order valence-corrected chi connectivity index (χ3v) is 5.05. The molecule has 2 aliphatic rings. The standard InChI is InChI=1S/C16H25N3/c1-17-9-15-10-18-6-5-16(15)19(2)11-14-8-12-3-4-13(14)7-12/h5-6,10,12-14,17H,3-4,7-9,11H2,1-2H3. The maximum Gasteiger partial charge on any atom is 0.0440 e. The molecule has 0 saturated heterocycles. The van der Waals surface area contributed by atoms with Gasteiger partial charge in [0.2, 0.25) is 0 Å². The number of pyridine rings is 1. The number of hydrogen-bond acceptors (Lipinski definition) is 3. The molecule has 0 aliphatic heterocycles. The monoisotopic (exact) mass is 259 g/mol. The van der Waals surface area contributed by atoms with Gasteiger partial charge in [-0.25, -0.2) is 0 Å². The smallest absolute Gasteiger partial charge is 0.0440 e. The first-order chi connectivity index (χ1) is 9.28. The molecule has 1 aromatic heterocycles. The average Bonchev–Trinajstić information content (AvgIpc) is 3.02. The number of hydrogen-bond donors (Lipinski definition) is 1. The van der Waals surface area contributed by atoms with E-state index in [2.05, 4.69) is 28.3 Å². The van der Waals surface area contributed by atoms with E-state index in [1.54, 1.807) is 0 Å². The molecule has 3 heteroatoms. The third-order valence-electron chi connectivity index (χ3n) is 5.05. The lowest BCUT2D eigenvalue weighted by atomic mass is 9.88.